The lowest BCUT2D eigenvalue weighted by Gasteiger charge is -2.09. The molecule has 1 saturated carbocycles. The Kier molecular flexibility index (Phi) is 3.68. The van der Waals surface area contributed by atoms with Crippen LogP contribution in [0.2, 0.25) is 0 Å². The van der Waals surface area contributed by atoms with E-state index >= 15 is 0 Å². The van der Waals surface area contributed by atoms with E-state index in [4.69, 9.17) is 10.2 Å². The molecule has 1 fully saturated rings. The Balaban J connectivity index is 1.70. The van der Waals surface area contributed by atoms with E-state index in [9.17, 15) is 9.18 Å². The largest absolute Gasteiger partial charge is 0.459 e. The summed E-state index contributed by atoms with van der Waals surface area (Å²) in [6.45, 7) is 2.20. The molecule has 1 aromatic carbocycles. The predicted molar refractivity (Wildman–Crippen MR) is 78.1 cm³/mol. The Morgan fingerprint density at radius 2 is 2.29 bits per heavy atom. The van der Waals surface area contributed by atoms with Crippen molar-refractivity contribution < 1.29 is 13.6 Å². The number of nitrogens with one attached hydrogen (secondary N) is 1. The lowest BCUT2D eigenvalue weighted by atomic mass is 10.1. The van der Waals surface area contributed by atoms with Gasteiger partial charge in [0.2, 0.25) is 5.91 Å². The van der Waals surface area contributed by atoms with Gasteiger partial charge in [0, 0.05) is 22.9 Å². The minimum absolute atomic E-state index is 0.00197. The van der Waals surface area contributed by atoms with Crippen LogP contribution in [-0.2, 0) is 11.3 Å². The highest BCUT2D eigenvalue weighted by atomic mass is 19.1. The third-order valence-corrected chi connectivity index (χ3v) is 4.26. The molecule has 0 aliphatic heterocycles. The van der Waals surface area contributed by atoms with Crippen molar-refractivity contribution >= 4 is 16.9 Å². The summed E-state index contributed by atoms with van der Waals surface area (Å²) in [5, 5.41) is 3.65. The van der Waals surface area contributed by atoms with E-state index < -0.39 is 0 Å². The van der Waals surface area contributed by atoms with Crippen molar-refractivity contribution in [3.8, 4) is 0 Å². The Morgan fingerprint density at radius 1 is 1.48 bits per heavy atom. The molecule has 0 radical (unpaired) electrons. The SMILES string of the molecule is Cc1c(CNC(=O)C2CCC(N)C2)oc2ccc(F)cc12. The van der Waals surface area contributed by atoms with Crippen molar-refractivity contribution in [1.82, 2.24) is 5.32 Å². The van der Waals surface area contributed by atoms with Gasteiger partial charge in [0.25, 0.3) is 0 Å². The minimum Gasteiger partial charge on any atom is -0.459 e. The first-order chi connectivity index (χ1) is 10.0. The number of carbonyl (C=O) groups is 1. The summed E-state index contributed by atoms with van der Waals surface area (Å²) in [7, 11) is 0. The molecule has 1 aliphatic rings. The molecule has 4 nitrogen and oxygen atoms in total. The van der Waals surface area contributed by atoms with Gasteiger partial charge in [0.15, 0.2) is 0 Å². The molecule has 0 saturated heterocycles. The Bertz CT molecular complexity index is 680. The number of carbonyl (C=O) groups excluding carboxylic acids is 1. The number of amides is 1. The highest BCUT2D eigenvalue weighted by molar-refractivity contribution is 5.82. The summed E-state index contributed by atoms with van der Waals surface area (Å²) in [5.74, 6) is 0.407. The summed E-state index contributed by atoms with van der Waals surface area (Å²) >= 11 is 0. The van der Waals surface area contributed by atoms with Gasteiger partial charge in [-0.3, -0.25) is 4.79 Å². The van der Waals surface area contributed by atoms with Gasteiger partial charge in [0.05, 0.1) is 6.54 Å². The summed E-state index contributed by atoms with van der Waals surface area (Å²) in [6.07, 6.45) is 2.49. The van der Waals surface area contributed by atoms with Crippen LogP contribution < -0.4 is 11.1 Å². The average molecular weight is 290 g/mol. The Hall–Kier alpha value is -1.88. The van der Waals surface area contributed by atoms with Gasteiger partial charge in [-0.05, 0) is 44.4 Å². The molecule has 0 bridgehead atoms. The van der Waals surface area contributed by atoms with Crippen LogP contribution in [0.5, 0.6) is 0 Å². The zero-order valence-electron chi connectivity index (χ0n) is 12.0. The number of benzene rings is 1. The maximum absolute atomic E-state index is 13.3. The zero-order chi connectivity index (χ0) is 15.0. The molecule has 2 atom stereocenters. The monoisotopic (exact) mass is 290 g/mol. The molecular weight excluding hydrogens is 271 g/mol. The van der Waals surface area contributed by atoms with E-state index in [0.29, 0.717) is 17.9 Å². The number of nitrogens with two attached hydrogens (primary N) is 1. The van der Waals surface area contributed by atoms with Crippen LogP contribution in [0, 0.1) is 18.7 Å². The van der Waals surface area contributed by atoms with E-state index in [0.717, 1.165) is 30.2 Å². The lowest BCUT2D eigenvalue weighted by Crippen LogP contribution is -2.30. The molecule has 3 rings (SSSR count). The minimum atomic E-state index is -0.290. The van der Waals surface area contributed by atoms with Crippen molar-refractivity contribution in [3.63, 3.8) is 0 Å². The number of rotatable bonds is 3. The maximum Gasteiger partial charge on any atom is 0.223 e. The van der Waals surface area contributed by atoms with Crippen molar-refractivity contribution in [2.24, 2.45) is 11.7 Å². The molecule has 2 unspecified atom stereocenters. The van der Waals surface area contributed by atoms with Crippen molar-refractivity contribution in [3.05, 3.63) is 35.3 Å². The van der Waals surface area contributed by atoms with Gasteiger partial charge >= 0.3 is 0 Å². The molecule has 3 N–H and O–H groups in total. The van der Waals surface area contributed by atoms with Crippen LogP contribution in [-0.4, -0.2) is 11.9 Å². The Morgan fingerprint density at radius 3 is 3.00 bits per heavy atom. The lowest BCUT2D eigenvalue weighted by molar-refractivity contribution is -0.125. The van der Waals surface area contributed by atoms with Crippen molar-refractivity contribution in [1.29, 1.82) is 0 Å². The standard InChI is InChI=1S/C16H19FN2O2/c1-9-13-7-11(17)3-5-14(13)21-15(9)8-19-16(20)10-2-4-12(18)6-10/h3,5,7,10,12H,2,4,6,8,18H2,1H3,(H,19,20). The molecule has 0 spiro atoms. The molecule has 1 aliphatic carbocycles. The molecular formula is C16H19FN2O2. The van der Waals surface area contributed by atoms with Gasteiger partial charge in [-0.15, -0.1) is 0 Å². The fourth-order valence-corrected chi connectivity index (χ4v) is 2.98. The molecule has 1 aromatic heterocycles. The quantitative estimate of drug-likeness (QED) is 0.913. The van der Waals surface area contributed by atoms with Crippen LogP contribution in [0.25, 0.3) is 11.0 Å². The third kappa shape index (κ3) is 2.78. The number of fused-ring (bicyclic) bond motifs is 1. The summed E-state index contributed by atoms with van der Waals surface area (Å²) < 4.78 is 18.9. The van der Waals surface area contributed by atoms with Gasteiger partial charge in [-0.2, -0.15) is 0 Å². The zero-order valence-corrected chi connectivity index (χ0v) is 12.0. The fourth-order valence-electron chi connectivity index (χ4n) is 2.98. The first kappa shape index (κ1) is 14.1. The highest BCUT2D eigenvalue weighted by Crippen LogP contribution is 2.27. The molecule has 5 heteroatoms. The fraction of sp³-hybridized carbons (Fsp3) is 0.438. The number of furan rings is 1. The van der Waals surface area contributed by atoms with E-state index in [1.807, 2.05) is 6.92 Å². The molecule has 1 amide bonds. The smallest absolute Gasteiger partial charge is 0.223 e. The second-order valence-electron chi connectivity index (χ2n) is 5.78. The summed E-state index contributed by atoms with van der Waals surface area (Å²) in [5.41, 5.74) is 7.33. The maximum atomic E-state index is 13.3. The number of hydrogen-bond donors (Lipinski definition) is 2. The van der Waals surface area contributed by atoms with Crippen molar-refractivity contribution in [2.45, 2.75) is 38.8 Å². The average Bonchev–Trinajstić information content (AvgIpc) is 3.02. The van der Waals surface area contributed by atoms with Gasteiger partial charge < -0.3 is 15.5 Å². The highest BCUT2D eigenvalue weighted by Gasteiger charge is 2.27. The van der Waals surface area contributed by atoms with Crippen LogP contribution >= 0.6 is 0 Å². The molecule has 112 valence electrons. The predicted octanol–water partition coefficient (Wildman–Crippen LogP) is 2.62. The second kappa shape index (κ2) is 5.48. The van der Waals surface area contributed by atoms with Crippen molar-refractivity contribution in [2.75, 3.05) is 0 Å². The molecule has 21 heavy (non-hydrogen) atoms. The normalized spacial score (nSPS) is 21.9. The first-order valence-corrected chi connectivity index (χ1v) is 7.25. The summed E-state index contributed by atoms with van der Waals surface area (Å²) in [4.78, 5) is 12.1. The van der Waals surface area contributed by atoms with Gasteiger partial charge in [0.1, 0.15) is 17.2 Å². The van der Waals surface area contributed by atoms with E-state index in [2.05, 4.69) is 5.32 Å². The van der Waals surface area contributed by atoms with Crippen LogP contribution in [0.4, 0.5) is 4.39 Å². The topological polar surface area (TPSA) is 68.3 Å². The van der Waals surface area contributed by atoms with E-state index in [1.54, 1.807) is 6.07 Å². The number of halogens is 1. The number of hydrogen-bond acceptors (Lipinski definition) is 3. The molecule has 1 heterocycles. The van der Waals surface area contributed by atoms with Crippen LogP contribution in [0.3, 0.4) is 0 Å². The Labute approximate surface area is 122 Å². The van der Waals surface area contributed by atoms with Crippen LogP contribution in [0.1, 0.15) is 30.6 Å². The van der Waals surface area contributed by atoms with E-state index in [1.165, 1.54) is 12.1 Å². The molecule has 2 aromatic rings. The third-order valence-electron chi connectivity index (χ3n) is 4.26. The summed E-state index contributed by atoms with van der Waals surface area (Å²) in [6, 6.07) is 4.57. The van der Waals surface area contributed by atoms with Crippen LogP contribution in [0.15, 0.2) is 22.6 Å². The van der Waals surface area contributed by atoms with Gasteiger partial charge in [-0.25, -0.2) is 4.39 Å². The first-order valence-electron chi connectivity index (χ1n) is 7.25. The van der Waals surface area contributed by atoms with E-state index in [-0.39, 0.29) is 23.7 Å². The second-order valence-corrected chi connectivity index (χ2v) is 5.78. The van der Waals surface area contributed by atoms with Gasteiger partial charge in [-0.1, -0.05) is 0 Å². The number of aryl methyl sites for hydroxylation is 1.